The van der Waals surface area contributed by atoms with Crippen molar-refractivity contribution in [3.63, 3.8) is 0 Å². The predicted octanol–water partition coefficient (Wildman–Crippen LogP) is 5.05. The molecule has 1 aromatic heterocycles. The molecule has 0 saturated carbocycles. The molecule has 0 radical (unpaired) electrons. The van der Waals surface area contributed by atoms with Crippen LogP contribution in [0.25, 0.3) is 21.8 Å². The molecule has 1 N–H and O–H groups in total. The van der Waals surface area contributed by atoms with Crippen molar-refractivity contribution in [1.29, 1.82) is 0 Å². The largest absolute Gasteiger partial charge is 0.492 e. The third-order valence-electron chi connectivity index (χ3n) is 6.79. The summed E-state index contributed by atoms with van der Waals surface area (Å²) in [4.78, 5) is 8.58. The summed E-state index contributed by atoms with van der Waals surface area (Å²) in [5, 5.41) is 2.47. The fraction of sp³-hybridized carbons (Fsp3) is 0.538. The van der Waals surface area contributed by atoms with Crippen LogP contribution in [0.5, 0.6) is 11.5 Å². The molecular formula is C26H35N3O2. The number of hydrogen-bond donors (Lipinski definition) is 1. The van der Waals surface area contributed by atoms with E-state index >= 15 is 0 Å². The molecule has 0 spiro atoms. The highest BCUT2D eigenvalue weighted by Crippen LogP contribution is 2.30. The van der Waals surface area contributed by atoms with Gasteiger partial charge in [-0.05, 0) is 76.1 Å². The lowest BCUT2D eigenvalue weighted by molar-refractivity contribution is 0.183. The summed E-state index contributed by atoms with van der Waals surface area (Å²) in [6, 6.07) is 12.8. The Morgan fingerprint density at radius 2 is 1.06 bits per heavy atom. The van der Waals surface area contributed by atoms with E-state index < -0.39 is 0 Å². The van der Waals surface area contributed by atoms with Crippen molar-refractivity contribution in [3.8, 4) is 11.5 Å². The van der Waals surface area contributed by atoms with Gasteiger partial charge in [0.25, 0.3) is 0 Å². The molecule has 0 unspecified atom stereocenters. The van der Waals surface area contributed by atoms with Gasteiger partial charge >= 0.3 is 0 Å². The Labute approximate surface area is 185 Å². The van der Waals surface area contributed by atoms with E-state index in [0.29, 0.717) is 0 Å². The van der Waals surface area contributed by atoms with Crippen molar-refractivity contribution in [3.05, 3.63) is 36.4 Å². The van der Waals surface area contributed by atoms with Crippen LogP contribution in [0.3, 0.4) is 0 Å². The molecule has 2 fully saturated rings. The van der Waals surface area contributed by atoms with Gasteiger partial charge in [0, 0.05) is 36.0 Å². The zero-order valence-electron chi connectivity index (χ0n) is 18.6. The van der Waals surface area contributed by atoms with E-state index in [1.54, 1.807) is 0 Å². The van der Waals surface area contributed by atoms with Crippen LogP contribution >= 0.6 is 0 Å². The molecule has 2 saturated heterocycles. The van der Waals surface area contributed by atoms with Crippen molar-refractivity contribution >= 4 is 21.8 Å². The third-order valence-corrected chi connectivity index (χ3v) is 6.79. The summed E-state index contributed by atoms with van der Waals surface area (Å²) in [5.74, 6) is 1.88. The van der Waals surface area contributed by atoms with E-state index in [-0.39, 0.29) is 0 Å². The van der Waals surface area contributed by atoms with Crippen LogP contribution in [0.2, 0.25) is 0 Å². The fourth-order valence-corrected chi connectivity index (χ4v) is 5.00. The molecule has 3 aromatic rings. The van der Waals surface area contributed by atoms with Crippen molar-refractivity contribution < 1.29 is 9.47 Å². The molecular weight excluding hydrogens is 386 g/mol. The first-order chi connectivity index (χ1) is 15.3. The summed E-state index contributed by atoms with van der Waals surface area (Å²) in [5.41, 5.74) is 2.24. The summed E-state index contributed by atoms with van der Waals surface area (Å²) < 4.78 is 12.1. The normalized spacial score (nSPS) is 18.6. The molecule has 2 aliphatic heterocycles. The van der Waals surface area contributed by atoms with Crippen molar-refractivity contribution in [2.24, 2.45) is 0 Å². The summed E-state index contributed by atoms with van der Waals surface area (Å²) in [6.45, 7) is 8.40. The summed E-state index contributed by atoms with van der Waals surface area (Å²) in [6.07, 6.45) is 8.05. The molecule has 3 heterocycles. The van der Waals surface area contributed by atoms with Crippen LogP contribution in [-0.2, 0) is 0 Å². The summed E-state index contributed by atoms with van der Waals surface area (Å²) in [7, 11) is 0. The SMILES string of the molecule is c1cc2c(cc1OCCN1CCCCC1)[nH]c1cc(OCCN3CCCCC3)ccc12. The van der Waals surface area contributed by atoms with E-state index in [9.17, 15) is 0 Å². The van der Waals surface area contributed by atoms with E-state index in [0.717, 1.165) is 48.8 Å². The lowest BCUT2D eigenvalue weighted by atomic mass is 10.1. The summed E-state index contributed by atoms with van der Waals surface area (Å²) >= 11 is 0. The number of H-pyrrole nitrogens is 1. The minimum absolute atomic E-state index is 0.751. The zero-order chi connectivity index (χ0) is 20.9. The molecule has 2 aromatic carbocycles. The van der Waals surface area contributed by atoms with Crippen LogP contribution in [-0.4, -0.2) is 67.3 Å². The zero-order valence-corrected chi connectivity index (χ0v) is 18.6. The van der Waals surface area contributed by atoms with Gasteiger partial charge in [-0.15, -0.1) is 0 Å². The Bertz CT molecular complexity index is 909. The Morgan fingerprint density at radius 1 is 0.613 bits per heavy atom. The minimum atomic E-state index is 0.751. The first-order valence-corrected chi connectivity index (χ1v) is 12.1. The number of piperidine rings is 2. The van der Waals surface area contributed by atoms with Crippen LogP contribution < -0.4 is 9.47 Å². The van der Waals surface area contributed by atoms with Gasteiger partial charge < -0.3 is 14.5 Å². The standard InChI is InChI=1S/C26H35N3O2/c1-3-11-28(12-4-1)15-17-30-21-7-9-23-24-10-8-22(20-26(24)27-25(23)19-21)31-18-16-29-13-5-2-6-14-29/h7-10,19-20,27H,1-6,11-18H2. The lowest BCUT2D eigenvalue weighted by Crippen LogP contribution is -2.33. The Hall–Kier alpha value is -2.24. The lowest BCUT2D eigenvalue weighted by Gasteiger charge is -2.26. The van der Waals surface area contributed by atoms with Crippen LogP contribution in [0.4, 0.5) is 0 Å². The van der Waals surface area contributed by atoms with Gasteiger partial charge in [0.05, 0.1) is 11.0 Å². The van der Waals surface area contributed by atoms with E-state index in [1.165, 1.54) is 75.5 Å². The first-order valence-electron chi connectivity index (χ1n) is 12.1. The number of hydrogen-bond acceptors (Lipinski definition) is 4. The molecule has 0 atom stereocenters. The average Bonchev–Trinajstić information content (AvgIpc) is 3.17. The topological polar surface area (TPSA) is 40.7 Å². The van der Waals surface area contributed by atoms with Gasteiger partial charge in [0.15, 0.2) is 0 Å². The number of fused-ring (bicyclic) bond motifs is 3. The number of aromatic amines is 1. The number of benzene rings is 2. The molecule has 166 valence electrons. The van der Waals surface area contributed by atoms with Gasteiger partial charge in [-0.25, -0.2) is 0 Å². The van der Waals surface area contributed by atoms with E-state index in [1.807, 2.05) is 0 Å². The molecule has 0 amide bonds. The van der Waals surface area contributed by atoms with Crippen molar-refractivity contribution in [2.75, 3.05) is 52.5 Å². The highest BCUT2D eigenvalue weighted by molar-refractivity contribution is 6.07. The highest BCUT2D eigenvalue weighted by atomic mass is 16.5. The second kappa shape index (κ2) is 9.92. The molecule has 5 heteroatoms. The van der Waals surface area contributed by atoms with Crippen molar-refractivity contribution in [1.82, 2.24) is 14.8 Å². The van der Waals surface area contributed by atoms with Crippen molar-refractivity contribution in [2.45, 2.75) is 38.5 Å². The molecule has 0 bridgehead atoms. The molecule has 5 rings (SSSR count). The van der Waals surface area contributed by atoms with Crippen LogP contribution in [0, 0.1) is 0 Å². The quantitative estimate of drug-likeness (QED) is 0.553. The average molecular weight is 422 g/mol. The van der Waals surface area contributed by atoms with Gasteiger partial charge in [-0.1, -0.05) is 12.8 Å². The van der Waals surface area contributed by atoms with E-state index in [2.05, 4.69) is 51.2 Å². The van der Waals surface area contributed by atoms with Gasteiger partial charge in [0.2, 0.25) is 0 Å². The van der Waals surface area contributed by atoms with Gasteiger partial charge in [0.1, 0.15) is 24.7 Å². The number of nitrogens with one attached hydrogen (secondary N) is 1. The maximum Gasteiger partial charge on any atom is 0.121 e. The smallest absolute Gasteiger partial charge is 0.121 e. The fourth-order valence-electron chi connectivity index (χ4n) is 5.00. The molecule has 0 aliphatic carbocycles. The Balaban J connectivity index is 1.20. The number of nitrogens with zero attached hydrogens (tertiary/aromatic N) is 2. The monoisotopic (exact) mass is 421 g/mol. The number of aromatic nitrogens is 1. The number of likely N-dealkylation sites (tertiary alicyclic amines) is 2. The maximum absolute atomic E-state index is 6.06. The van der Waals surface area contributed by atoms with Gasteiger partial charge in [-0.2, -0.15) is 0 Å². The third kappa shape index (κ3) is 5.16. The van der Waals surface area contributed by atoms with Crippen LogP contribution in [0.15, 0.2) is 36.4 Å². The molecule has 31 heavy (non-hydrogen) atoms. The second-order valence-electron chi connectivity index (χ2n) is 9.04. The highest BCUT2D eigenvalue weighted by Gasteiger charge is 2.12. The van der Waals surface area contributed by atoms with E-state index in [4.69, 9.17) is 9.47 Å². The molecule has 5 nitrogen and oxygen atoms in total. The Kier molecular flexibility index (Phi) is 6.61. The first kappa shape index (κ1) is 20.7. The second-order valence-corrected chi connectivity index (χ2v) is 9.04. The Morgan fingerprint density at radius 3 is 1.52 bits per heavy atom. The minimum Gasteiger partial charge on any atom is -0.492 e. The maximum atomic E-state index is 6.06. The van der Waals surface area contributed by atoms with Crippen LogP contribution in [0.1, 0.15) is 38.5 Å². The molecule has 2 aliphatic rings. The van der Waals surface area contributed by atoms with Gasteiger partial charge in [-0.3, -0.25) is 9.80 Å². The number of rotatable bonds is 8. The number of ether oxygens (including phenoxy) is 2. The predicted molar refractivity (Wildman–Crippen MR) is 127 cm³/mol.